The molecule has 3 aromatic heterocycles. The maximum absolute atomic E-state index is 5.26. The molecule has 0 unspecified atom stereocenters. The van der Waals surface area contributed by atoms with Gasteiger partial charge >= 0.3 is 0 Å². The fourth-order valence-corrected chi connectivity index (χ4v) is 8.17. The van der Waals surface area contributed by atoms with Crippen LogP contribution in [0.1, 0.15) is 0 Å². The molecule has 0 aliphatic heterocycles. The van der Waals surface area contributed by atoms with E-state index in [4.69, 9.17) is 19.9 Å². The zero-order valence-electron chi connectivity index (χ0n) is 30.8. The summed E-state index contributed by atoms with van der Waals surface area (Å²) < 4.78 is 2.42. The molecule has 0 aliphatic carbocycles. The molecule has 0 bridgehead atoms. The maximum Gasteiger partial charge on any atom is 0.164 e. The Hall–Kier alpha value is -7.76. The Labute approximate surface area is 329 Å². The van der Waals surface area contributed by atoms with Crippen LogP contribution in [0.25, 0.3) is 106 Å². The van der Waals surface area contributed by atoms with Crippen LogP contribution in [0, 0.1) is 0 Å². The molecule has 0 N–H and O–H groups in total. The highest BCUT2D eigenvalue weighted by molar-refractivity contribution is 6.21. The van der Waals surface area contributed by atoms with Gasteiger partial charge in [0.1, 0.15) is 0 Å². The maximum atomic E-state index is 5.26. The van der Waals surface area contributed by atoms with Gasteiger partial charge in [0.15, 0.2) is 17.5 Å². The number of benzene rings is 8. The topological polar surface area (TPSA) is 56.5 Å². The average molecular weight is 728 g/mol. The van der Waals surface area contributed by atoms with Crippen molar-refractivity contribution in [3.63, 3.8) is 0 Å². The first-order chi connectivity index (χ1) is 28.3. The van der Waals surface area contributed by atoms with Crippen molar-refractivity contribution in [3.8, 4) is 62.2 Å². The number of para-hydroxylation sites is 3. The number of fused-ring (bicyclic) bond motifs is 6. The van der Waals surface area contributed by atoms with Crippen molar-refractivity contribution >= 4 is 43.5 Å². The average Bonchev–Trinajstić information content (AvgIpc) is 3.62. The van der Waals surface area contributed by atoms with Crippen LogP contribution >= 0.6 is 0 Å². The standard InChI is InChI=1S/C52H33N5/c1-5-17-34(18-6-1)48-45-32-44-42-29-16-28-40(49(42)57(39-25-11-4-12-26-39)47(44)33-43(45)41-27-13-14-30-46(41)53-48)37-23-15-24-38(31-37)52-55-50(35-19-7-2-8-20-35)54-51(56-52)36-21-9-3-10-22-36/h1-33H. The van der Waals surface area contributed by atoms with Gasteiger partial charge in [-0.1, -0.05) is 164 Å². The van der Waals surface area contributed by atoms with Crippen LogP contribution in [0.4, 0.5) is 0 Å². The summed E-state index contributed by atoms with van der Waals surface area (Å²) in [5.41, 5.74) is 11.4. The minimum Gasteiger partial charge on any atom is -0.309 e. The van der Waals surface area contributed by atoms with Gasteiger partial charge in [0.05, 0.1) is 22.2 Å². The van der Waals surface area contributed by atoms with Gasteiger partial charge in [0.25, 0.3) is 0 Å². The monoisotopic (exact) mass is 727 g/mol. The number of aromatic nitrogens is 5. The molecule has 57 heavy (non-hydrogen) atoms. The largest absolute Gasteiger partial charge is 0.309 e. The van der Waals surface area contributed by atoms with Gasteiger partial charge in [-0.3, -0.25) is 0 Å². The van der Waals surface area contributed by atoms with Crippen LogP contribution in [0.15, 0.2) is 200 Å². The lowest BCUT2D eigenvalue weighted by atomic mass is 9.97. The lowest BCUT2D eigenvalue weighted by Gasteiger charge is -2.14. The summed E-state index contributed by atoms with van der Waals surface area (Å²) in [5.74, 6) is 1.90. The Balaban J connectivity index is 1.17. The number of hydrogen-bond acceptors (Lipinski definition) is 4. The third kappa shape index (κ3) is 5.64. The third-order valence-electron chi connectivity index (χ3n) is 10.8. The van der Waals surface area contributed by atoms with Gasteiger partial charge in [-0.2, -0.15) is 0 Å². The number of nitrogens with zero attached hydrogens (tertiary/aromatic N) is 5. The van der Waals surface area contributed by atoms with E-state index in [-0.39, 0.29) is 0 Å². The molecule has 11 rings (SSSR count). The molecule has 0 fully saturated rings. The second-order valence-electron chi connectivity index (χ2n) is 14.3. The van der Waals surface area contributed by atoms with E-state index in [1.165, 1.54) is 16.2 Å². The Morgan fingerprint density at radius 3 is 1.53 bits per heavy atom. The van der Waals surface area contributed by atoms with E-state index in [2.05, 4.69) is 144 Å². The minimum atomic E-state index is 0.624. The molecule has 0 saturated carbocycles. The van der Waals surface area contributed by atoms with E-state index >= 15 is 0 Å². The van der Waals surface area contributed by atoms with E-state index in [9.17, 15) is 0 Å². The molecule has 3 heterocycles. The minimum absolute atomic E-state index is 0.624. The summed E-state index contributed by atoms with van der Waals surface area (Å²) in [6.45, 7) is 0. The summed E-state index contributed by atoms with van der Waals surface area (Å²) >= 11 is 0. The van der Waals surface area contributed by atoms with Crippen molar-refractivity contribution in [3.05, 3.63) is 200 Å². The van der Waals surface area contributed by atoms with E-state index < -0.39 is 0 Å². The fraction of sp³-hybridized carbons (Fsp3) is 0. The van der Waals surface area contributed by atoms with Gasteiger partial charge in [-0.25, -0.2) is 19.9 Å². The van der Waals surface area contributed by atoms with Crippen LogP contribution in [-0.2, 0) is 0 Å². The van der Waals surface area contributed by atoms with E-state index in [1.54, 1.807) is 0 Å². The molecule has 0 atom stereocenters. The SMILES string of the molecule is c1ccc(-c2nc(-c3ccccc3)nc(-c3cccc(-c4cccc5c6cc7c(-c8ccccc8)nc8ccccc8c7cc6n(-c6ccccc6)c45)c3)n2)cc1. The number of pyridine rings is 1. The summed E-state index contributed by atoms with van der Waals surface area (Å²) in [7, 11) is 0. The first-order valence-electron chi connectivity index (χ1n) is 19.1. The molecule has 266 valence electrons. The lowest BCUT2D eigenvalue weighted by Crippen LogP contribution is -2.00. The Kier molecular flexibility index (Phi) is 7.74. The predicted molar refractivity (Wildman–Crippen MR) is 234 cm³/mol. The second-order valence-corrected chi connectivity index (χ2v) is 14.3. The Bertz CT molecular complexity index is 3210. The number of hydrogen-bond donors (Lipinski definition) is 0. The quantitative estimate of drug-likeness (QED) is 0.160. The van der Waals surface area contributed by atoms with Gasteiger partial charge < -0.3 is 4.57 Å². The van der Waals surface area contributed by atoms with Crippen LogP contribution in [0.3, 0.4) is 0 Å². The smallest absolute Gasteiger partial charge is 0.164 e. The lowest BCUT2D eigenvalue weighted by molar-refractivity contribution is 1.07. The molecule has 0 radical (unpaired) electrons. The van der Waals surface area contributed by atoms with Crippen molar-refractivity contribution < 1.29 is 0 Å². The van der Waals surface area contributed by atoms with E-state index in [0.29, 0.717) is 17.5 Å². The zero-order valence-corrected chi connectivity index (χ0v) is 30.8. The first-order valence-corrected chi connectivity index (χ1v) is 19.1. The molecule has 0 spiro atoms. The summed E-state index contributed by atoms with van der Waals surface area (Å²) in [6, 6.07) is 69.9. The zero-order chi connectivity index (χ0) is 37.7. The van der Waals surface area contributed by atoms with Gasteiger partial charge in [-0.05, 0) is 47.3 Å². The van der Waals surface area contributed by atoms with Gasteiger partial charge in [0.2, 0.25) is 0 Å². The molecule has 5 heteroatoms. The molecule has 0 saturated heterocycles. The van der Waals surface area contributed by atoms with Crippen LogP contribution in [0.2, 0.25) is 0 Å². The highest BCUT2D eigenvalue weighted by atomic mass is 15.0. The summed E-state index contributed by atoms with van der Waals surface area (Å²) in [4.78, 5) is 20.3. The summed E-state index contributed by atoms with van der Waals surface area (Å²) in [6.07, 6.45) is 0. The normalized spacial score (nSPS) is 11.5. The highest BCUT2D eigenvalue weighted by Crippen LogP contribution is 2.43. The van der Waals surface area contributed by atoms with E-state index in [0.717, 1.165) is 72.1 Å². The number of rotatable bonds is 6. The Morgan fingerprint density at radius 2 is 0.842 bits per heavy atom. The molecule has 0 amide bonds. The van der Waals surface area contributed by atoms with Crippen LogP contribution in [-0.4, -0.2) is 24.5 Å². The Morgan fingerprint density at radius 1 is 0.316 bits per heavy atom. The molecule has 5 nitrogen and oxygen atoms in total. The highest BCUT2D eigenvalue weighted by Gasteiger charge is 2.21. The molecular weight excluding hydrogens is 695 g/mol. The first kappa shape index (κ1) is 32.7. The molecule has 11 aromatic rings. The third-order valence-corrected chi connectivity index (χ3v) is 10.8. The van der Waals surface area contributed by atoms with Gasteiger partial charge in [-0.15, -0.1) is 0 Å². The van der Waals surface area contributed by atoms with Crippen molar-refractivity contribution in [1.82, 2.24) is 24.5 Å². The van der Waals surface area contributed by atoms with E-state index in [1.807, 2.05) is 60.7 Å². The fourth-order valence-electron chi connectivity index (χ4n) is 8.17. The molecular formula is C52H33N5. The van der Waals surface area contributed by atoms with Crippen LogP contribution in [0.5, 0.6) is 0 Å². The molecule has 0 aliphatic rings. The van der Waals surface area contributed by atoms with Crippen molar-refractivity contribution in [2.24, 2.45) is 0 Å². The van der Waals surface area contributed by atoms with Crippen molar-refractivity contribution in [2.45, 2.75) is 0 Å². The van der Waals surface area contributed by atoms with Crippen molar-refractivity contribution in [1.29, 1.82) is 0 Å². The second kappa shape index (κ2) is 13.5. The molecule has 8 aromatic carbocycles. The van der Waals surface area contributed by atoms with Crippen molar-refractivity contribution in [2.75, 3.05) is 0 Å². The van der Waals surface area contributed by atoms with Crippen LogP contribution < -0.4 is 0 Å². The predicted octanol–water partition coefficient (Wildman–Crippen LogP) is 13.0. The summed E-state index contributed by atoms with van der Waals surface area (Å²) in [5, 5.41) is 5.78. The van der Waals surface area contributed by atoms with Gasteiger partial charge in [0, 0.05) is 55.0 Å².